The summed E-state index contributed by atoms with van der Waals surface area (Å²) in [5.41, 5.74) is 0. The standard InChI is InChI=1S/C9H12ClNO2S2/c10-7-8-3-1-5-11(8)15(12,13)9-4-2-6-14-9/h2,4,6,8H,1,3,5,7H2/t8-/m1/s1. The Kier molecular flexibility index (Phi) is 3.35. The number of hydrogen-bond donors (Lipinski definition) is 0. The molecule has 0 saturated carbocycles. The fourth-order valence-electron chi connectivity index (χ4n) is 1.81. The lowest BCUT2D eigenvalue weighted by Crippen LogP contribution is -2.36. The molecular formula is C9H12ClNO2S2. The highest BCUT2D eigenvalue weighted by Crippen LogP contribution is 2.28. The molecule has 1 fully saturated rings. The second-order valence-electron chi connectivity index (χ2n) is 3.50. The van der Waals surface area contributed by atoms with Gasteiger partial charge in [0, 0.05) is 18.5 Å². The third kappa shape index (κ3) is 2.06. The van der Waals surface area contributed by atoms with E-state index < -0.39 is 10.0 Å². The molecule has 6 heteroatoms. The molecular weight excluding hydrogens is 254 g/mol. The Morgan fingerprint density at radius 2 is 2.40 bits per heavy atom. The predicted octanol–water partition coefficient (Wildman–Crippen LogP) is 2.14. The normalized spacial score (nSPS) is 23.4. The van der Waals surface area contributed by atoms with Gasteiger partial charge in [0.05, 0.1) is 0 Å². The van der Waals surface area contributed by atoms with Crippen LogP contribution in [0.15, 0.2) is 21.7 Å². The summed E-state index contributed by atoms with van der Waals surface area (Å²) in [5, 5.41) is 1.78. The molecule has 0 amide bonds. The molecule has 1 aromatic heterocycles. The molecule has 1 atom stereocenters. The van der Waals surface area contributed by atoms with E-state index in [0.717, 1.165) is 12.8 Å². The Morgan fingerprint density at radius 1 is 1.60 bits per heavy atom. The molecule has 1 saturated heterocycles. The number of hydrogen-bond acceptors (Lipinski definition) is 3. The number of rotatable bonds is 3. The maximum Gasteiger partial charge on any atom is 0.252 e. The van der Waals surface area contributed by atoms with Gasteiger partial charge in [-0.3, -0.25) is 0 Å². The quantitative estimate of drug-likeness (QED) is 0.786. The molecule has 2 heterocycles. The Bertz CT molecular complexity index is 415. The van der Waals surface area contributed by atoms with E-state index in [1.165, 1.54) is 15.6 Å². The van der Waals surface area contributed by atoms with Gasteiger partial charge in [-0.2, -0.15) is 4.31 Å². The first-order chi connectivity index (χ1) is 7.16. The van der Waals surface area contributed by atoms with E-state index in [4.69, 9.17) is 11.6 Å². The zero-order chi connectivity index (χ0) is 10.9. The first kappa shape index (κ1) is 11.4. The summed E-state index contributed by atoms with van der Waals surface area (Å²) in [4.78, 5) is 0. The molecule has 15 heavy (non-hydrogen) atoms. The van der Waals surface area contributed by atoms with Gasteiger partial charge in [0.1, 0.15) is 4.21 Å². The average Bonchev–Trinajstić information content (AvgIpc) is 2.89. The van der Waals surface area contributed by atoms with Crippen molar-refractivity contribution in [3.8, 4) is 0 Å². The van der Waals surface area contributed by atoms with E-state index in [1.54, 1.807) is 17.5 Å². The molecule has 1 aliphatic rings. The summed E-state index contributed by atoms with van der Waals surface area (Å²) in [5.74, 6) is 0.380. The largest absolute Gasteiger partial charge is 0.252 e. The van der Waals surface area contributed by atoms with E-state index in [0.29, 0.717) is 16.6 Å². The minimum Gasteiger partial charge on any atom is -0.206 e. The van der Waals surface area contributed by atoms with Crippen molar-refractivity contribution in [2.45, 2.75) is 23.1 Å². The molecule has 84 valence electrons. The van der Waals surface area contributed by atoms with Crippen LogP contribution in [0.4, 0.5) is 0 Å². The minimum absolute atomic E-state index is 0.0289. The van der Waals surface area contributed by atoms with Gasteiger partial charge in [-0.05, 0) is 24.3 Å². The van der Waals surface area contributed by atoms with E-state index in [-0.39, 0.29) is 6.04 Å². The van der Waals surface area contributed by atoms with Crippen LogP contribution in [0.2, 0.25) is 0 Å². The molecule has 0 N–H and O–H groups in total. The summed E-state index contributed by atoms with van der Waals surface area (Å²) < 4.78 is 26.2. The molecule has 0 unspecified atom stereocenters. The molecule has 2 rings (SSSR count). The second kappa shape index (κ2) is 4.41. The van der Waals surface area contributed by atoms with Gasteiger partial charge in [-0.15, -0.1) is 22.9 Å². The lowest BCUT2D eigenvalue weighted by molar-refractivity contribution is 0.412. The number of halogens is 1. The van der Waals surface area contributed by atoms with Crippen LogP contribution in [0.5, 0.6) is 0 Å². The highest BCUT2D eigenvalue weighted by atomic mass is 35.5. The lowest BCUT2D eigenvalue weighted by atomic mass is 10.3. The van der Waals surface area contributed by atoms with Crippen molar-refractivity contribution in [2.75, 3.05) is 12.4 Å². The van der Waals surface area contributed by atoms with Crippen molar-refractivity contribution in [3.63, 3.8) is 0 Å². The Balaban J connectivity index is 2.30. The number of thiophene rings is 1. The van der Waals surface area contributed by atoms with Crippen molar-refractivity contribution in [2.24, 2.45) is 0 Å². The van der Waals surface area contributed by atoms with E-state index in [9.17, 15) is 8.42 Å². The summed E-state index contributed by atoms with van der Waals surface area (Å²) in [7, 11) is -3.29. The molecule has 1 aromatic rings. The highest BCUT2D eigenvalue weighted by molar-refractivity contribution is 7.91. The third-order valence-corrected chi connectivity index (χ3v) is 6.24. The van der Waals surface area contributed by atoms with Gasteiger partial charge >= 0.3 is 0 Å². The first-order valence-electron chi connectivity index (χ1n) is 4.77. The van der Waals surface area contributed by atoms with Gasteiger partial charge in [0.25, 0.3) is 10.0 Å². The summed E-state index contributed by atoms with van der Waals surface area (Å²) in [6, 6.07) is 3.37. The molecule has 0 spiro atoms. The molecule has 0 aliphatic carbocycles. The smallest absolute Gasteiger partial charge is 0.206 e. The fourth-order valence-corrected chi connectivity index (χ4v) is 5.02. The maximum atomic E-state index is 12.1. The van der Waals surface area contributed by atoms with Crippen LogP contribution in [0.1, 0.15) is 12.8 Å². The zero-order valence-electron chi connectivity index (χ0n) is 8.10. The Labute approximate surface area is 98.7 Å². The van der Waals surface area contributed by atoms with Crippen molar-refractivity contribution in [1.29, 1.82) is 0 Å². The van der Waals surface area contributed by atoms with Gasteiger partial charge in [0.15, 0.2) is 0 Å². The lowest BCUT2D eigenvalue weighted by Gasteiger charge is -2.21. The maximum absolute atomic E-state index is 12.1. The second-order valence-corrected chi connectivity index (χ2v) is 6.87. The number of alkyl halides is 1. The number of nitrogens with zero attached hydrogens (tertiary/aromatic N) is 1. The molecule has 0 bridgehead atoms. The van der Waals surface area contributed by atoms with Gasteiger partial charge in [0.2, 0.25) is 0 Å². The van der Waals surface area contributed by atoms with Gasteiger partial charge < -0.3 is 0 Å². The van der Waals surface area contributed by atoms with Crippen molar-refractivity contribution >= 4 is 33.0 Å². The number of sulfonamides is 1. The first-order valence-corrected chi connectivity index (χ1v) is 7.63. The molecule has 1 aliphatic heterocycles. The van der Waals surface area contributed by atoms with Crippen LogP contribution in [0.3, 0.4) is 0 Å². The zero-order valence-corrected chi connectivity index (χ0v) is 10.5. The van der Waals surface area contributed by atoms with Crippen LogP contribution in [0, 0.1) is 0 Å². The fraction of sp³-hybridized carbons (Fsp3) is 0.556. The molecule has 0 radical (unpaired) electrons. The summed E-state index contributed by atoms with van der Waals surface area (Å²) >= 11 is 7.02. The van der Waals surface area contributed by atoms with E-state index in [2.05, 4.69) is 0 Å². The van der Waals surface area contributed by atoms with Crippen LogP contribution < -0.4 is 0 Å². The van der Waals surface area contributed by atoms with Crippen molar-refractivity contribution in [1.82, 2.24) is 4.31 Å². The Morgan fingerprint density at radius 3 is 3.00 bits per heavy atom. The van der Waals surface area contributed by atoms with Crippen molar-refractivity contribution in [3.05, 3.63) is 17.5 Å². The van der Waals surface area contributed by atoms with Crippen molar-refractivity contribution < 1.29 is 8.42 Å². The monoisotopic (exact) mass is 265 g/mol. The van der Waals surface area contributed by atoms with Crippen LogP contribution in [-0.4, -0.2) is 31.2 Å². The van der Waals surface area contributed by atoms with E-state index >= 15 is 0 Å². The minimum atomic E-state index is -3.29. The predicted molar refractivity (Wildman–Crippen MR) is 62.0 cm³/mol. The summed E-state index contributed by atoms with van der Waals surface area (Å²) in [6.07, 6.45) is 1.77. The van der Waals surface area contributed by atoms with E-state index in [1.807, 2.05) is 0 Å². The highest BCUT2D eigenvalue weighted by Gasteiger charge is 2.35. The van der Waals surface area contributed by atoms with Gasteiger partial charge in [-0.25, -0.2) is 8.42 Å². The SMILES string of the molecule is O=S(=O)(c1cccs1)N1CCC[C@@H]1CCl. The average molecular weight is 266 g/mol. The summed E-state index contributed by atoms with van der Waals surface area (Å²) in [6.45, 7) is 0.595. The molecule has 3 nitrogen and oxygen atoms in total. The topological polar surface area (TPSA) is 37.4 Å². The third-order valence-electron chi connectivity index (χ3n) is 2.56. The van der Waals surface area contributed by atoms with Crippen LogP contribution in [0.25, 0.3) is 0 Å². The van der Waals surface area contributed by atoms with Crippen LogP contribution >= 0.6 is 22.9 Å². The van der Waals surface area contributed by atoms with Gasteiger partial charge in [-0.1, -0.05) is 6.07 Å². The molecule has 0 aromatic carbocycles. The Hall–Kier alpha value is -0.100. The van der Waals surface area contributed by atoms with Crippen LogP contribution in [-0.2, 0) is 10.0 Å².